The minimum atomic E-state index is -0.850. The van der Waals surface area contributed by atoms with Crippen LogP contribution < -0.4 is 10.6 Å². The number of hydrogen-bond acceptors (Lipinski definition) is 4. The van der Waals surface area contributed by atoms with Gasteiger partial charge in [0, 0.05) is 32.6 Å². The number of aliphatic carboxylic acids is 1. The molecule has 108 valence electrons. The lowest BCUT2D eigenvalue weighted by Crippen LogP contribution is -2.41. The van der Waals surface area contributed by atoms with Crippen molar-refractivity contribution >= 4 is 17.8 Å². The number of carboxylic acid groups (broad SMARTS) is 1. The first-order valence-corrected chi connectivity index (χ1v) is 6.46. The number of amides is 2. The number of carbonyl (C=O) groups is 3. The van der Waals surface area contributed by atoms with Crippen molar-refractivity contribution in [1.29, 1.82) is 0 Å². The number of nitrogens with zero attached hydrogens (tertiary/aromatic N) is 1. The zero-order valence-electron chi connectivity index (χ0n) is 11.1. The van der Waals surface area contributed by atoms with Crippen LogP contribution in [-0.4, -0.2) is 60.0 Å². The molecular formula is C12H21N3O4. The summed E-state index contributed by atoms with van der Waals surface area (Å²) in [5, 5.41) is 13.9. The van der Waals surface area contributed by atoms with Crippen molar-refractivity contribution < 1.29 is 19.5 Å². The summed E-state index contributed by atoms with van der Waals surface area (Å²) in [7, 11) is 0. The Morgan fingerprint density at radius 2 is 1.84 bits per heavy atom. The van der Waals surface area contributed by atoms with E-state index in [4.69, 9.17) is 5.11 Å². The fourth-order valence-electron chi connectivity index (χ4n) is 1.75. The molecule has 7 nitrogen and oxygen atoms in total. The van der Waals surface area contributed by atoms with Crippen LogP contribution in [0.4, 0.5) is 0 Å². The maximum Gasteiger partial charge on any atom is 0.304 e. The number of carbonyl (C=O) groups excluding carboxylic acids is 2. The third-order valence-corrected chi connectivity index (χ3v) is 2.84. The standard InChI is InChI=1S/C12H21N3O4/c1-9(16)13-5-6-14-11(17)8-15(10-2-3-10)7-4-12(18)19/h10H,2-8H2,1H3,(H,13,16)(H,14,17)(H,18,19). The lowest BCUT2D eigenvalue weighted by molar-refractivity contribution is -0.137. The van der Waals surface area contributed by atoms with Crippen LogP contribution in [0.5, 0.6) is 0 Å². The lowest BCUT2D eigenvalue weighted by atomic mass is 10.3. The van der Waals surface area contributed by atoms with Gasteiger partial charge in [-0.25, -0.2) is 0 Å². The molecule has 1 fully saturated rings. The topological polar surface area (TPSA) is 98.7 Å². The van der Waals surface area contributed by atoms with Crippen LogP contribution in [0.3, 0.4) is 0 Å². The van der Waals surface area contributed by atoms with Crippen molar-refractivity contribution in [2.75, 3.05) is 26.2 Å². The minimum Gasteiger partial charge on any atom is -0.481 e. The molecule has 3 N–H and O–H groups in total. The van der Waals surface area contributed by atoms with Gasteiger partial charge in [-0.2, -0.15) is 0 Å². The van der Waals surface area contributed by atoms with Gasteiger partial charge in [0.1, 0.15) is 0 Å². The van der Waals surface area contributed by atoms with Gasteiger partial charge in [-0.1, -0.05) is 0 Å². The molecule has 0 aliphatic heterocycles. The number of nitrogens with one attached hydrogen (secondary N) is 2. The van der Waals surface area contributed by atoms with Gasteiger partial charge in [0.2, 0.25) is 11.8 Å². The Bertz CT molecular complexity index is 342. The summed E-state index contributed by atoms with van der Waals surface area (Å²) < 4.78 is 0. The summed E-state index contributed by atoms with van der Waals surface area (Å²) >= 11 is 0. The molecule has 0 radical (unpaired) electrons. The highest BCUT2D eigenvalue weighted by molar-refractivity contribution is 5.78. The highest BCUT2D eigenvalue weighted by atomic mass is 16.4. The van der Waals surface area contributed by atoms with E-state index in [1.807, 2.05) is 4.90 Å². The van der Waals surface area contributed by atoms with E-state index in [-0.39, 0.29) is 24.8 Å². The summed E-state index contributed by atoms with van der Waals surface area (Å²) in [6.07, 6.45) is 2.10. The molecule has 0 spiro atoms. The van der Waals surface area contributed by atoms with Crippen molar-refractivity contribution in [3.05, 3.63) is 0 Å². The Kier molecular flexibility index (Phi) is 6.27. The maximum absolute atomic E-state index is 11.7. The van der Waals surface area contributed by atoms with Gasteiger partial charge in [0.25, 0.3) is 0 Å². The van der Waals surface area contributed by atoms with E-state index in [1.165, 1.54) is 6.92 Å². The van der Waals surface area contributed by atoms with E-state index in [1.54, 1.807) is 0 Å². The number of carboxylic acids is 1. The molecule has 0 bridgehead atoms. The molecule has 0 saturated heterocycles. The second-order valence-electron chi connectivity index (χ2n) is 4.68. The van der Waals surface area contributed by atoms with Crippen molar-refractivity contribution in [2.24, 2.45) is 0 Å². The smallest absolute Gasteiger partial charge is 0.304 e. The van der Waals surface area contributed by atoms with E-state index in [0.29, 0.717) is 25.7 Å². The van der Waals surface area contributed by atoms with Gasteiger partial charge in [0.05, 0.1) is 13.0 Å². The summed E-state index contributed by atoms with van der Waals surface area (Å²) in [6.45, 7) is 2.83. The van der Waals surface area contributed by atoms with Gasteiger partial charge in [0.15, 0.2) is 0 Å². The largest absolute Gasteiger partial charge is 0.481 e. The zero-order valence-corrected chi connectivity index (χ0v) is 11.1. The van der Waals surface area contributed by atoms with Gasteiger partial charge in [-0.15, -0.1) is 0 Å². The predicted octanol–water partition coefficient (Wildman–Crippen LogP) is -0.822. The van der Waals surface area contributed by atoms with E-state index < -0.39 is 5.97 Å². The van der Waals surface area contributed by atoms with Crippen molar-refractivity contribution in [1.82, 2.24) is 15.5 Å². The van der Waals surface area contributed by atoms with Crippen LogP contribution >= 0.6 is 0 Å². The highest BCUT2D eigenvalue weighted by Gasteiger charge is 2.30. The Labute approximate surface area is 112 Å². The van der Waals surface area contributed by atoms with Crippen molar-refractivity contribution in [2.45, 2.75) is 32.2 Å². The summed E-state index contributed by atoms with van der Waals surface area (Å²) in [5.41, 5.74) is 0. The fourth-order valence-corrected chi connectivity index (χ4v) is 1.75. The van der Waals surface area contributed by atoms with Gasteiger partial charge < -0.3 is 15.7 Å². The molecule has 1 saturated carbocycles. The van der Waals surface area contributed by atoms with E-state index in [2.05, 4.69) is 10.6 Å². The molecule has 19 heavy (non-hydrogen) atoms. The Morgan fingerprint density at radius 1 is 1.21 bits per heavy atom. The fraction of sp³-hybridized carbons (Fsp3) is 0.750. The van der Waals surface area contributed by atoms with Crippen LogP contribution in [0.25, 0.3) is 0 Å². The van der Waals surface area contributed by atoms with Crippen LogP contribution in [0, 0.1) is 0 Å². The molecule has 2 amide bonds. The maximum atomic E-state index is 11.7. The molecule has 0 atom stereocenters. The zero-order chi connectivity index (χ0) is 14.3. The minimum absolute atomic E-state index is 0.0513. The van der Waals surface area contributed by atoms with E-state index in [9.17, 15) is 14.4 Å². The SMILES string of the molecule is CC(=O)NCCNC(=O)CN(CCC(=O)O)C1CC1. The lowest BCUT2D eigenvalue weighted by Gasteiger charge is -2.20. The Hall–Kier alpha value is -1.63. The van der Waals surface area contributed by atoms with Crippen LogP contribution in [0.2, 0.25) is 0 Å². The molecule has 1 rings (SSSR count). The summed E-state index contributed by atoms with van der Waals surface area (Å²) in [4.78, 5) is 34.7. The molecule has 0 aromatic rings. The second kappa shape index (κ2) is 7.73. The van der Waals surface area contributed by atoms with Gasteiger partial charge in [-0.3, -0.25) is 19.3 Å². The second-order valence-corrected chi connectivity index (χ2v) is 4.68. The molecular weight excluding hydrogens is 250 g/mol. The molecule has 0 aromatic carbocycles. The van der Waals surface area contributed by atoms with Crippen LogP contribution in [0.15, 0.2) is 0 Å². The average molecular weight is 271 g/mol. The molecule has 0 aromatic heterocycles. The molecule has 0 unspecified atom stereocenters. The van der Waals surface area contributed by atoms with Crippen molar-refractivity contribution in [3.8, 4) is 0 Å². The monoisotopic (exact) mass is 271 g/mol. The molecule has 1 aliphatic carbocycles. The van der Waals surface area contributed by atoms with Crippen LogP contribution in [-0.2, 0) is 14.4 Å². The third-order valence-electron chi connectivity index (χ3n) is 2.84. The molecule has 7 heteroatoms. The highest BCUT2D eigenvalue weighted by Crippen LogP contribution is 2.26. The average Bonchev–Trinajstić information content (AvgIpc) is 3.13. The number of hydrogen-bond donors (Lipinski definition) is 3. The first-order valence-electron chi connectivity index (χ1n) is 6.46. The summed E-state index contributed by atoms with van der Waals surface area (Å²) in [6, 6.07) is 0.348. The van der Waals surface area contributed by atoms with Crippen molar-refractivity contribution in [3.63, 3.8) is 0 Å². The first-order chi connectivity index (χ1) is 8.99. The van der Waals surface area contributed by atoms with E-state index in [0.717, 1.165) is 12.8 Å². The Balaban J connectivity index is 2.19. The Morgan fingerprint density at radius 3 is 2.37 bits per heavy atom. The normalized spacial score (nSPS) is 14.2. The summed E-state index contributed by atoms with van der Waals surface area (Å²) in [5.74, 6) is -1.12. The quantitative estimate of drug-likeness (QED) is 0.476. The number of rotatable bonds is 9. The first kappa shape index (κ1) is 15.4. The molecule has 1 aliphatic rings. The third kappa shape index (κ3) is 7.40. The predicted molar refractivity (Wildman–Crippen MR) is 68.5 cm³/mol. The van der Waals surface area contributed by atoms with Gasteiger partial charge >= 0.3 is 5.97 Å². The molecule has 0 heterocycles. The van der Waals surface area contributed by atoms with Crippen LogP contribution in [0.1, 0.15) is 26.2 Å². The van der Waals surface area contributed by atoms with Gasteiger partial charge in [-0.05, 0) is 12.8 Å². The van der Waals surface area contributed by atoms with E-state index >= 15 is 0 Å².